The van der Waals surface area contributed by atoms with E-state index in [9.17, 15) is 4.79 Å². The highest BCUT2D eigenvalue weighted by molar-refractivity contribution is 5.86. The van der Waals surface area contributed by atoms with Crippen LogP contribution < -0.4 is 5.32 Å². The van der Waals surface area contributed by atoms with Crippen molar-refractivity contribution in [1.82, 2.24) is 9.88 Å². The number of aryl methyl sites for hydroxylation is 2. The van der Waals surface area contributed by atoms with Gasteiger partial charge >= 0.3 is 0 Å². The van der Waals surface area contributed by atoms with Gasteiger partial charge in [-0.1, -0.05) is 77.9 Å². The van der Waals surface area contributed by atoms with Gasteiger partial charge in [-0.3, -0.25) is 4.79 Å². The van der Waals surface area contributed by atoms with Crippen molar-refractivity contribution in [2.24, 2.45) is 0 Å². The second-order valence-corrected chi connectivity index (χ2v) is 8.73. The van der Waals surface area contributed by atoms with Crippen LogP contribution in [0, 0.1) is 13.8 Å². The van der Waals surface area contributed by atoms with Gasteiger partial charge in [0.15, 0.2) is 0 Å². The standard InChI is InChI=1S/C29H32N2O2/c1-21-11-13-23(14-12-21)19-31-20-27(25-9-4-5-10-28(25)31)26(18-29(32)30-15-16-33-3)24-8-6-7-22(2)17-24/h4-14,17,20,26H,15-16,18-19H2,1-3H3,(H,30,32)/t26-/m1/s1. The molecule has 0 saturated heterocycles. The quantitative estimate of drug-likeness (QED) is 0.345. The lowest BCUT2D eigenvalue weighted by Crippen LogP contribution is -2.28. The number of nitrogens with zero attached hydrogens (tertiary/aromatic N) is 1. The molecule has 4 aromatic rings. The van der Waals surface area contributed by atoms with Gasteiger partial charge in [0.25, 0.3) is 0 Å². The van der Waals surface area contributed by atoms with E-state index in [1.165, 1.54) is 33.2 Å². The predicted octanol–water partition coefficient (Wildman–Crippen LogP) is 5.59. The van der Waals surface area contributed by atoms with Gasteiger partial charge in [0, 0.05) is 49.6 Å². The Hall–Kier alpha value is -3.37. The molecule has 0 unspecified atom stereocenters. The first-order valence-corrected chi connectivity index (χ1v) is 11.5. The van der Waals surface area contributed by atoms with Crippen molar-refractivity contribution in [3.63, 3.8) is 0 Å². The number of ether oxygens (including phenoxy) is 1. The molecular weight excluding hydrogens is 408 g/mol. The molecule has 1 aromatic heterocycles. The molecule has 0 spiro atoms. The van der Waals surface area contributed by atoms with E-state index < -0.39 is 0 Å². The van der Waals surface area contributed by atoms with Crippen molar-refractivity contribution in [2.45, 2.75) is 32.7 Å². The number of fused-ring (bicyclic) bond motifs is 1. The normalized spacial score (nSPS) is 12.1. The highest BCUT2D eigenvalue weighted by atomic mass is 16.5. The summed E-state index contributed by atoms with van der Waals surface area (Å²) in [5.41, 5.74) is 7.25. The molecule has 3 aromatic carbocycles. The van der Waals surface area contributed by atoms with E-state index >= 15 is 0 Å². The molecule has 0 fully saturated rings. The zero-order valence-corrected chi connectivity index (χ0v) is 19.7. The fraction of sp³-hybridized carbons (Fsp3) is 0.276. The number of aromatic nitrogens is 1. The third-order valence-corrected chi connectivity index (χ3v) is 6.13. The predicted molar refractivity (Wildman–Crippen MR) is 135 cm³/mol. The minimum atomic E-state index is -0.0309. The third kappa shape index (κ3) is 5.52. The van der Waals surface area contributed by atoms with Crippen LogP contribution in [0.2, 0.25) is 0 Å². The highest BCUT2D eigenvalue weighted by Gasteiger charge is 2.23. The smallest absolute Gasteiger partial charge is 0.221 e. The first kappa shape index (κ1) is 22.8. The average Bonchev–Trinajstić information content (AvgIpc) is 3.17. The lowest BCUT2D eigenvalue weighted by molar-refractivity contribution is -0.121. The molecule has 0 bridgehead atoms. The minimum Gasteiger partial charge on any atom is -0.383 e. The Morgan fingerprint density at radius 3 is 2.52 bits per heavy atom. The maximum absolute atomic E-state index is 12.9. The largest absolute Gasteiger partial charge is 0.383 e. The van der Waals surface area contributed by atoms with Gasteiger partial charge in [0.05, 0.1) is 6.61 Å². The zero-order chi connectivity index (χ0) is 23.2. The molecule has 0 aliphatic heterocycles. The molecule has 1 N–H and O–H groups in total. The number of nitrogens with one attached hydrogen (secondary N) is 1. The summed E-state index contributed by atoms with van der Waals surface area (Å²) >= 11 is 0. The molecule has 170 valence electrons. The van der Waals surface area contributed by atoms with Gasteiger partial charge in [-0.05, 0) is 36.6 Å². The lowest BCUT2D eigenvalue weighted by atomic mass is 9.87. The Morgan fingerprint density at radius 2 is 1.76 bits per heavy atom. The van der Waals surface area contributed by atoms with Crippen molar-refractivity contribution in [3.8, 4) is 0 Å². The van der Waals surface area contributed by atoms with Crippen molar-refractivity contribution < 1.29 is 9.53 Å². The van der Waals surface area contributed by atoms with Gasteiger partial charge in [0.2, 0.25) is 5.91 Å². The summed E-state index contributed by atoms with van der Waals surface area (Å²) in [6.07, 6.45) is 2.63. The Balaban J connectivity index is 1.74. The zero-order valence-electron chi connectivity index (χ0n) is 19.7. The van der Waals surface area contributed by atoms with E-state index in [4.69, 9.17) is 4.74 Å². The Labute approximate surface area is 196 Å². The summed E-state index contributed by atoms with van der Waals surface area (Å²) in [6, 6.07) is 25.7. The van der Waals surface area contributed by atoms with Crippen LogP contribution in [0.25, 0.3) is 10.9 Å². The van der Waals surface area contributed by atoms with Gasteiger partial charge in [0.1, 0.15) is 0 Å². The molecule has 33 heavy (non-hydrogen) atoms. The topological polar surface area (TPSA) is 43.3 Å². The van der Waals surface area contributed by atoms with E-state index in [1.807, 2.05) is 0 Å². The molecule has 1 heterocycles. The van der Waals surface area contributed by atoms with Crippen molar-refractivity contribution >= 4 is 16.8 Å². The maximum Gasteiger partial charge on any atom is 0.221 e. The number of carbonyl (C=O) groups is 1. The number of hydrogen-bond donors (Lipinski definition) is 1. The molecule has 4 rings (SSSR count). The molecule has 0 aliphatic carbocycles. The monoisotopic (exact) mass is 440 g/mol. The summed E-state index contributed by atoms with van der Waals surface area (Å²) < 4.78 is 7.40. The van der Waals surface area contributed by atoms with Gasteiger partial charge < -0.3 is 14.6 Å². The third-order valence-electron chi connectivity index (χ3n) is 6.13. The van der Waals surface area contributed by atoms with E-state index in [0.29, 0.717) is 19.6 Å². The minimum absolute atomic E-state index is 0.0309. The fourth-order valence-corrected chi connectivity index (χ4v) is 4.42. The van der Waals surface area contributed by atoms with Crippen LogP contribution in [0.3, 0.4) is 0 Å². The van der Waals surface area contributed by atoms with Crippen LogP contribution in [-0.2, 0) is 16.1 Å². The van der Waals surface area contributed by atoms with Gasteiger partial charge in [-0.25, -0.2) is 0 Å². The average molecular weight is 441 g/mol. The number of carbonyl (C=O) groups excluding carboxylic acids is 1. The second-order valence-electron chi connectivity index (χ2n) is 8.73. The molecule has 0 aliphatic rings. The first-order valence-electron chi connectivity index (χ1n) is 11.5. The number of hydrogen-bond acceptors (Lipinski definition) is 2. The second kappa shape index (κ2) is 10.5. The summed E-state index contributed by atoms with van der Waals surface area (Å²) in [5.74, 6) is 0.00512. The fourth-order valence-electron chi connectivity index (χ4n) is 4.42. The number of methoxy groups -OCH3 is 1. The molecule has 4 nitrogen and oxygen atoms in total. The maximum atomic E-state index is 12.9. The molecule has 0 radical (unpaired) electrons. The number of amides is 1. The van der Waals surface area contributed by atoms with Crippen LogP contribution in [-0.4, -0.2) is 30.7 Å². The number of para-hydroxylation sites is 1. The van der Waals surface area contributed by atoms with Gasteiger partial charge in [-0.15, -0.1) is 0 Å². The van der Waals surface area contributed by atoms with Crippen LogP contribution in [0.4, 0.5) is 0 Å². The van der Waals surface area contributed by atoms with Crippen LogP contribution in [0.5, 0.6) is 0 Å². The Morgan fingerprint density at radius 1 is 0.970 bits per heavy atom. The number of rotatable bonds is 9. The lowest BCUT2D eigenvalue weighted by Gasteiger charge is -2.18. The Bertz CT molecular complexity index is 1220. The summed E-state index contributed by atoms with van der Waals surface area (Å²) in [6.45, 7) is 6.03. The molecule has 4 heteroatoms. The number of benzene rings is 3. The molecule has 0 saturated carbocycles. The van der Waals surface area contributed by atoms with Crippen molar-refractivity contribution in [1.29, 1.82) is 0 Å². The van der Waals surface area contributed by atoms with E-state index in [-0.39, 0.29) is 11.8 Å². The van der Waals surface area contributed by atoms with E-state index in [1.54, 1.807) is 7.11 Å². The van der Waals surface area contributed by atoms with Crippen LogP contribution in [0.15, 0.2) is 79.0 Å². The molecule has 1 atom stereocenters. The van der Waals surface area contributed by atoms with Crippen molar-refractivity contribution in [2.75, 3.05) is 20.3 Å². The molecular formula is C29H32N2O2. The highest BCUT2D eigenvalue weighted by Crippen LogP contribution is 2.35. The van der Waals surface area contributed by atoms with Crippen molar-refractivity contribution in [3.05, 3.63) is 107 Å². The first-order chi connectivity index (χ1) is 16.0. The summed E-state index contributed by atoms with van der Waals surface area (Å²) in [4.78, 5) is 12.9. The van der Waals surface area contributed by atoms with E-state index in [0.717, 1.165) is 12.1 Å². The van der Waals surface area contributed by atoms with Crippen LogP contribution >= 0.6 is 0 Å². The SMILES string of the molecule is COCCNC(=O)C[C@H](c1cccc(C)c1)c1cn(Cc2ccc(C)cc2)c2ccccc12. The molecule has 1 amide bonds. The van der Waals surface area contributed by atoms with Gasteiger partial charge in [-0.2, -0.15) is 0 Å². The van der Waals surface area contributed by atoms with E-state index in [2.05, 4.69) is 103 Å². The van der Waals surface area contributed by atoms with Crippen LogP contribution in [0.1, 0.15) is 40.2 Å². The summed E-state index contributed by atoms with van der Waals surface area (Å²) in [7, 11) is 1.64. The Kier molecular flexibility index (Phi) is 7.26. The summed E-state index contributed by atoms with van der Waals surface area (Å²) in [5, 5.41) is 4.19.